The van der Waals surface area contributed by atoms with E-state index in [1.54, 1.807) is 7.11 Å². The van der Waals surface area contributed by atoms with E-state index in [4.69, 9.17) is 14.2 Å². The zero-order chi connectivity index (χ0) is 14.5. The van der Waals surface area contributed by atoms with Gasteiger partial charge in [0.2, 0.25) is 6.79 Å². The lowest BCUT2D eigenvalue weighted by atomic mass is 10.2. The van der Waals surface area contributed by atoms with Crippen molar-refractivity contribution in [2.75, 3.05) is 27.1 Å². The lowest BCUT2D eigenvalue weighted by Gasteiger charge is -2.02. The Balaban J connectivity index is 1.57. The van der Waals surface area contributed by atoms with Gasteiger partial charge >= 0.3 is 0 Å². The quantitative estimate of drug-likeness (QED) is 0.760. The highest BCUT2D eigenvalue weighted by Crippen LogP contribution is 2.32. The third kappa shape index (κ3) is 3.50. The van der Waals surface area contributed by atoms with Crippen LogP contribution in [0.3, 0.4) is 0 Å². The predicted molar refractivity (Wildman–Crippen MR) is 75.3 cm³/mol. The van der Waals surface area contributed by atoms with Crippen LogP contribution >= 0.6 is 0 Å². The van der Waals surface area contributed by atoms with Crippen molar-refractivity contribution < 1.29 is 14.2 Å². The van der Waals surface area contributed by atoms with E-state index in [-0.39, 0.29) is 0 Å². The summed E-state index contributed by atoms with van der Waals surface area (Å²) >= 11 is 0. The van der Waals surface area contributed by atoms with Gasteiger partial charge in [0.05, 0.1) is 25.0 Å². The summed E-state index contributed by atoms with van der Waals surface area (Å²) in [4.78, 5) is 0. The molecule has 1 aromatic carbocycles. The molecule has 112 valence electrons. The molecular weight excluding hydrogens is 272 g/mol. The number of aromatic nitrogens is 3. The van der Waals surface area contributed by atoms with Crippen LogP contribution in [0.4, 0.5) is 0 Å². The van der Waals surface area contributed by atoms with Gasteiger partial charge in [-0.05, 0) is 17.7 Å². The Labute approximate surface area is 122 Å². The summed E-state index contributed by atoms with van der Waals surface area (Å²) in [5.74, 6) is 1.58. The van der Waals surface area contributed by atoms with Gasteiger partial charge in [-0.1, -0.05) is 11.3 Å². The lowest BCUT2D eigenvalue weighted by Crippen LogP contribution is -2.18. The van der Waals surface area contributed by atoms with E-state index in [0.717, 1.165) is 29.3 Å². The van der Waals surface area contributed by atoms with Crippen molar-refractivity contribution in [3.8, 4) is 11.5 Å². The topological polar surface area (TPSA) is 70.4 Å². The van der Waals surface area contributed by atoms with Gasteiger partial charge in [0, 0.05) is 20.2 Å². The Morgan fingerprint density at radius 3 is 3.14 bits per heavy atom. The molecule has 0 saturated carbocycles. The van der Waals surface area contributed by atoms with Crippen LogP contribution in [0.5, 0.6) is 11.5 Å². The molecule has 21 heavy (non-hydrogen) atoms. The van der Waals surface area contributed by atoms with Gasteiger partial charge in [0.25, 0.3) is 0 Å². The Bertz CT molecular complexity index is 600. The molecule has 0 amide bonds. The van der Waals surface area contributed by atoms with E-state index in [0.29, 0.717) is 26.5 Å². The van der Waals surface area contributed by atoms with Crippen molar-refractivity contribution in [1.82, 2.24) is 20.3 Å². The molecule has 1 aliphatic heterocycles. The Morgan fingerprint density at radius 2 is 2.24 bits per heavy atom. The van der Waals surface area contributed by atoms with E-state index in [9.17, 15) is 0 Å². The molecule has 1 aliphatic rings. The molecule has 2 aromatic rings. The molecule has 0 radical (unpaired) electrons. The summed E-state index contributed by atoms with van der Waals surface area (Å²) in [6, 6.07) is 5.90. The average Bonchev–Trinajstić information content (AvgIpc) is 3.12. The highest BCUT2D eigenvalue weighted by atomic mass is 16.7. The van der Waals surface area contributed by atoms with Crippen LogP contribution < -0.4 is 14.8 Å². The van der Waals surface area contributed by atoms with Gasteiger partial charge < -0.3 is 19.5 Å². The van der Waals surface area contributed by atoms with Crippen molar-refractivity contribution in [3.05, 3.63) is 35.7 Å². The third-order valence-electron chi connectivity index (χ3n) is 3.16. The molecule has 0 fully saturated rings. The van der Waals surface area contributed by atoms with E-state index in [2.05, 4.69) is 15.6 Å². The Hall–Kier alpha value is -2.12. The highest BCUT2D eigenvalue weighted by Gasteiger charge is 2.13. The van der Waals surface area contributed by atoms with Crippen LogP contribution in [0.2, 0.25) is 0 Å². The van der Waals surface area contributed by atoms with Gasteiger partial charge in [-0.15, -0.1) is 5.10 Å². The fourth-order valence-electron chi connectivity index (χ4n) is 2.11. The van der Waals surface area contributed by atoms with Crippen LogP contribution in [0, 0.1) is 0 Å². The second-order valence-electron chi connectivity index (χ2n) is 4.76. The zero-order valence-corrected chi connectivity index (χ0v) is 11.9. The van der Waals surface area contributed by atoms with Crippen LogP contribution in [-0.2, 0) is 17.8 Å². The molecule has 2 heterocycles. The number of ether oxygens (including phenoxy) is 3. The van der Waals surface area contributed by atoms with Gasteiger partial charge in [0.15, 0.2) is 11.5 Å². The minimum absolute atomic E-state index is 0.291. The molecule has 3 rings (SSSR count). The number of hydrogen-bond acceptors (Lipinski definition) is 6. The number of hydrogen-bond donors (Lipinski definition) is 1. The standard InChI is InChI=1S/C14H18N4O3/c1-19-5-4-15-7-12-9-18(17-16-12)8-11-2-3-13-14(6-11)21-10-20-13/h2-3,6,9,15H,4-5,7-8,10H2,1H3. The van der Waals surface area contributed by atoms with Gasteiger partial charge in [0.1, 0.15) is 0 Å². The Morgan fingerprint density at radius 1 is 1.33 bits per heavy atom. The molecule has 7 heteroatoms. The molecule has 0 spiro atoms. The summed E-state index contributed by atoms with van der Waals surface area (Å²) in [5.41, 5.74) is 2.01. The van der Waals surface area contributed by atoms with E-state index >= 15 is 0 Å². The first-order valence-corrected chi connectivity index (χ1v) is 6.82. The molecule has 0 atom stereocenters. The first-order chi connectivity index (χ1) is 10.3. The average molecular weight is 290 g/mol. The van der Waals surface area contributed by atoms with Crippen molar-refractivity contribution in [3.63, 3.8) is 0 Å². The minimum atomic E-state index is 0.291. The summed E-state index contributed by atoms with van der Waals surface area (Å²) in [7, 11) is 1.68. The first-order valence-electron chi connectivity index (χ1n) is 6.82. The van der Waals surface area contributed by atoms with Crippen LogP contribution in [0.25, 0.3) is 0 Å². The third-order valence-corrected chi connectivity index (χ3v) is 3.16. The fourth-order valence-corrected chi connectivity index (χ4v) is 2.11. The maximum absolute atomic E-state index is 5.37. The maximum atomic E-state index is 5.37. The van der Waals surface area contributed by atoms with E-state index in [1.807, 2.05) is 29.1 Å². The lowest BCUT2D eigenvalue weighted by molar-refractivity contribution is 0.174. The number of benzene rings is 1. The number of nitrogens with one attached hydrogen (secondary N) is 1. The molecule has 7 nitrogen and oxygen atoms in total. The van der Waals surface area contributed by atoms with Crippen LogP contribution in [0.1, 0.15) is 11.3 Å². The Kier molecular flexibility index (Phi) is 4.32. The smallest absolute Gasteiger partial charge is 0.231 e. The molecule has 0 bridgehead atoms. The summed E-state index contributed by atoms with van der Waals surface area (Å²) in [6.45, 7) is 3.11. The fraction of sp³-hybridized carbons (Fsp3) is 0.429. The van der Waals surface area contributed by atoms with Crippen LogP contribution in [-0.4, -0.2) is 42.0 Å². The van der Waals surface area contributed by atoms with Gasteiger partial charge in [-0.2, -0.15) is 0 Å². The molecular formula is C14H18N4O3. The van der Waals surface area contributed by atoms with E-state index in [1.165, 1.54) is 0 Å². The SMILES string of the molecule is COCCNCc1cn(Cc2ccc3c(c2)OCO3)nn1. The normalized spacial score (nSPS) is 12.8. The molecule has 1 aromatic heterocycles. The maximum Gasteiger partial charge on any atom is 0.231 e. The van der Waals surface area contributed by atoms with Crippen molar-refractivity contribution in [2.45, 2.75) is 13.1 Å². The van der Waals surface area contributed by atoms with Crippen molar-refractivity contribution in [2.24, 2.45) is 0 Å². The molecule has 0 unspecified atom stereocenters. The minimum Gasteiger partial charge on any atom is -0.454 e. The first kappa shape index (κ1) is 13.8. The second-order valence-corrected chi connectivity index (χ2v) is 4.76. The highest BCUT2D eigenvalue weighted by molar-refractivity contribution is 5.44. The second kappa shape index (κ2) is 6.55. The number of methoxy groups -OCH3 is 1. The van der Waals surface area contributed by atoms with Gasteiger partial charge in [-0.25, -0.2) is 4.68 Å². The molecule has 0 saturated heterocycles. The largest absolute Gasteiger partial charge is 0.454 e. The molecule has 0 aliphatic carbocycles. The number of rotatable bonds is 7. The predicted octanol–water partition coefficient (Wildman–Crippen LogP) is 0.791. The monoisotopic (exact) mass is 290 g/mol. The summed E-state index contributed by atoms with van der Waals surface area (Å²) in [5, 5.41) is 11.5. The summed E-state index contributed by atoms with van der Waals surface area (Å²) in [6.07, 6.45) is 1.93. The zero-order valence-electron chi connectivity index (χ0n) is 11.9. The molecule has 1 N–H and O–H groups in total. The number of nitrogens with zero attached hydrogens (tertiary/aromatic N) is 3. The van der Waals surface area contributed by atoms with Crippen LogP contribution in [0.15, 0.2) is 24.4 Å². The summed E-state index contributed by atoms with van der Waals surface area (Å²) < 4.78 is 17.5. The number of fused-ring (bicyclic) bond motifs is 1. The van der Waals surface area contributed by atoms with E-state index < -0.39 is 0 Å². The van der Waals surface area contributed by atoms with Crippen molar-refractivity contribution in [1.29, 1.82) is 0 Å². The van der Waals surface area contributed by atoms with Gasteiger partial charge in [-0.3, -0.25) is 0 Å². The van der Waals surface area contributed by atoms with Crippen molar-refractivity contribution >= 4 is 0 Å².